The number of rotatable bonds is 1. The van der Waals surface area contributed by atoms with E-state index in [2.05, 4.69) is 56.1 Å². The molecule has 96 valence electrons. The van der Waals surface area contributed by atoms with E-state index in [-0.39, 0.29) is 0 Å². The number of imidazole rings is 1. The molecule has 0 aliphatic rings. The van der Waals surface area contributed by atoms with Gasteiger partial charge in [-0.1, -0.05) is 29.8 Å². The Morgan fingerprint density at radius 2 is 1.79 bits per heavy atom. The zero-order valence-corrected chi connectivity index (χ0v) is 11.4. The van der Waals surface area contributed by atoms with Crippen LogP contribution >= 0.6 is 0 Å². The van der Waals surface area contributed by atoms with Crippen LogP contribution in [0.4, 0.5) is 5.95 Å². The van der Waals surface area contributed by atoms with Crippen LogP contribution in [0.25, 0.3) is 16.7 Å². The van der Waals surface area contributed by atoms with Crippen molar-refractivity contribution >= 4 is 17.0 Å². The zero-order valence-electron chi connectivity index (χ0n) is 11.4. The minimum Gasteiger partial charge on any atom is -0.369 e. The van der Waals surface area contributed by atoms with Crippen LogP contribution in [-0.4, -0.2) is 9.55 Å². The smallest absolute Gasteiger partial charge is 0.205 e. The summed E-state index contributed by atoms with van der Waals surface area (Å²) in [5.74, 6) is 0.538. The maximum absolute atomic E-state index is 6.11. The van der Waals surface area contributed by atoms with E-state index in [9.17, 15) is 0 Å². The van der Waals surface area contributed by atoms with Crippen molar-refractivity contribution in [1.29, 1.82) is 0 Å². The number of nitrogen functional groups attached to an aromatic ring is 1. The van der Waals surface area contributed by atoms with Crippen LogP contribution < -0.4 is 5.73 Å². The molecule has 1 aromatic heterocycles. The molecule has 3 rings (SSSR count). The molecule has 0 aliphatic carbocycles. The highest BCUT2D eigenvalue weighted by atomic mass is 15.2. The van der Waals surface area contributed by atoms with E-state index >= 15 is 0 Å². The first kappa shape index (κ1) is 11.8. The van der Waals surface area contributed by atoms with Crippen LogP contribution in [0.3, 0.4) is 0 Å². The maximum atomic E-state index is 6.11. The highest BCUT2D eigenvalue weighted by molar-refractivity contribution is 5.83. The maximum Gasteiger partial charge on any atom is 0.205 e. The van der Waals surface area contributed by atoms with Crippen LogP contribution in [0.1, 0.15) is 16.7 Å². The molecule has 0 radical (unpaired) electrons. The minimum absolute atomic E-state index is 0.538. The van der Waals surface area contributed by atoms with Gasteiger partial charge in [0.05, 0.1) is 16.7 Å². The molecule has 3 nitrogen and oxygen atoms in total. The van der Waals surface area contributed by atoms with Crippen LogP contribution in [0.15, 0.2) is 36.4 Å². The lowest BCUT2D eigenvalue weighted by molar-refractivity contribution is 1.09. The van der Waals surface area contributed by atoms with Crippen molar-refractivity contribution in [3.05, 3.63) is 53.1 Å². The first-order valence-corrected chi connectivity index (χ1v) is 6.39. The number of hydrogen-bond acceptors (Lipinski definition) is 2. The Balaban J connectivity index is 2.36. The van der Waals surface area contributed by atoms with Gasteiger partial charge < -0.3 is 5.73 Å². The molecule has 1 heterocycles. The molecule has 0 saturated heterocycles. The Bertz CT molecular complexity index is 769. The summed E-state index contributed by atoms with van der Waals surface area (Å²) in [4.78, 5) is 4.49. The predicted octanol–water partition coefficient (Wildman–Crippen LogP) is 3.53. The predicted molar refractivity (Wildman–Crippen MR) is 79.7 cm³/mol. The summed E-state index contributed by atoms with van der Waals surface area (Å²) in [5.41, 5.74) is 12.8. The summed E-state index contributed by atoms with van der Waals surface area (Å²) in [6, 6.07) is 12.5. The Morgan fingerprint density at radius 1 is 1.00 bits per heavy atom. The van der Waals surface area contributed by atoms with Crippen molar-refractivity contribution in [2.24, 2.45) is 0 Å². The van der Waals surface area contributed by atoms with E-state index in [4.69, 9.17) is 5.73 Å². The average Bonchev–Trinajstić information content (AvgIpc) is 2.68. The largest absolute Gasteiger partial charge is 0.369 e. The van der Waals surface area contributed by atoms with Gasteiger partial charge in [-0.2, -0.15) is 0 Å². The zero-order chi connectivity index (χ0) is 13.6. The Labute approximate surface area is 112 Å². The normalized spacial score (nSPS) is 11.1. The van der Waals surface area contributed by atoms with Crippen molar-refractivity contribution < 1.29 is 0 Å². The van der Waals surface area contributed by atoms with Crippen LogP contribution in [0.5, 0.6) is 0 Å². The van der Waals surface area contributed by atoms with E-state index in [1.807, 2.05) is 10.6 Å². The molecule has 2 aromatic carbocycles. The van der Waals surface area contributed by atoms with E-state index in [1.54, 1.807) is 0 Å². The summed E-state index contributed by atoms with van der Waals surface area (Å²) in [5, 5.41) is 0. The van der Waals surface area contributed by atoms with Crippen molar-refractivity contribution in [1.82, 2.24) is 9.55 Å². The van der Waals surface area contributed by atoms with Gasteiger partial charge in [0.15, 0.2) is 0 Å². The standard InChI is InChI=1S/C16H17N3/c1-10-7-8-13(12(3)9-10)19-14-6-4-5-11(2)15(14)18-16(19)17/h4-9H,1-3H3,(H2,17,18). The molecular weight excluding hydrogens is 234 g/mol. The Morgan fingerprint density at radius 3 is 2.53 bits per heavy atom. The van der Waals surface area contributed by atoms with Crippen molar-refractivity contribution in [2.75, 3.05) is 5.73 Å². The van der Waals surface area contributed by atoms with E-state index in [0.717, 1.165) is 22.3 Å². The van der Waals surface area contributed by atoms with Crippen LogP contribution in [-0.2, 0) is 0 Å². The monoisotopic (exact) mass is 251 g/mol. The molecule has 2 N–H and O–H groups in total. The van der Waals surface area contributed by atoms with Gasteiger partial charge in [0.1, 0.15) is 0 Å². The Kier molecular flexibility index (Phi) is 2.56. The van der Waals surface area contributed by atoms with Crippen molar-refractivity contribution in [3.63, 3.8) is 0 Å². The lowest BCUT2D eigenvalue weighted by atomic mass is 10.1. The molecule has 0 amide bonds. The van der Waals surface area contributed by atoms with Crippen molar-refractivity contribution in [3.8, 4) is 5.69 Å². The molecular formula is C16H17N3. The Hall–Kier alpha value is -2.29. The van der Waals surface area contributed by atoms with E-state index in [0.29, 0.717) is 5.95 Å². The van der Waals surface area contributed by atoms with Gasteiger partial charge in [0, 0.05) is 0 Å². The fraction of sp³-hybridized carbons (Fsp3) is 0.188. The third-order valence-corrected chi connectivity index (χ3v) is 3.51. The molecule has 19 heavy (non-hydrogen) atoms. The number of nitrogens with two attached hydrogens (primary N) is 1. The molecule has 0 aliphatic heterocycles. The van der Waals surface area contributed by atoms with E-state index < -0.39 is 0 Å². The average molecular weight is 251 g/mol. The molecule has 0 unspecified atom stereocenters. The molecule has 3 heteroatoms. The van der Waals surface area contributed by atoms with Gasteiger partial charge in [-0.3, -0.25) is 4.57 Å². The van der Waals surface area contributed by atoms with Crippen molar-refractivity contribution in [2.45, 2.75) is 20.8 Å². The first-order chi connectivity index (χ1) is 9.08. The summed E-state index contributed by atoms with van der Waals surface area (Å²) in [6.45, 7) is 6.25. The highest BCUT2D eigenvalue weighted by Crippen LogP contribution is 2.27. The van der Waals surface area contributed by atoms with Gasteiger partial charge in [-0.15, -0.1) is 0 Å². The number of aromatic nitrogens is 2. The molecule has 0 spiro atoms. The fourth-order valence-corrected chi connectivity index (χ4v) is 2.57. The number of benzene rings is 2. The fourth-order valence-electron chi connectivity index (χ4n) is 2.57. The van der Waals surface area contributed by atoms with Gasteiger partial charge in [-0.05, 0) is 44.0 Å². The number of aryl methyl sites for hydroxylation is 3. The molecule has 0 saturated carbocycles. The summed E-state index contributed by atoms with van der Waals surface area (Å²) < 4.78 is 2.02. The number of anilines is 1. The van der Waals surface area contributed by atoms with E-state index in [1.165, 1.54) is 11.1 Å². The lowest BCUT2D eigenvalue weighted by Crippen LogP contribution is -2.02. The number of fused-ring (bicyclic) bond motifs is 1. The third-order valence-electron chi connectivity index (χ3n) is 3.51. The number of para-hydroxylation sites is 1. The summed E-state index contributed by atoms with van der Waals surface area (Å²) in [7, 11) is 0. The first-order valence-electron chi connectivity index (χ1n) is 6.39. The summed E-state index contributed by atoms with van der Waals surface area (Å²) in [6.07, 6.45) is 0. The van der Waals surface area contributed by atoms with Gasteiger partial charge in [-0.25, -0.2) is 4.98 Å². The molecule has 0 bridgehead atoms. The van der Waals surface area contributed by atoms with Crippen LogP contribution in [0, 0.1) is 20.8 Å². The lowest BCUT2D eigenvalue weighted by Gasteiger charge is -2.10. The second kappa shape index (κ2) is 4.12. The van der Waals surface area contributed by atoms with Gasteiger partial charge in [0.2, 0.25) is 5.95 Å². The summed E-state index contributed by atoms with van der Waals surface area (Å²) >= 11 is 0. The quantitative estimate of drug-likeness (QED) is 0.719. The number of hydrogen-bond donors (Lipinski definition) is 1. The second-order valence-electron chi connectivity index (χ2n) is 5.04. The van der Waals surface area contributed by atoms with Gasteiger partial charge in [0.25, 0.3) is 0 Å². The van der Waals surface area contributed by atoms with Crippen LogP contribution in [0.2, 0.25) is 0 Å². The molecule has 0 atom stereocenters. The number of nitrogens with zero attached hydrogens (tertiary/aromatic N) is 2. The minimum atomic E-state index is 0.538. The van der Waals surface area contributed by atoms with Gasteiger partial charge >= 0.3 is 0 Å². The molecule has 0 fully saturated rings. The second-order valence-corrected chi connectivity index (χ2v) is 5.04. The highest BCUT2D eigenvalue weighted by Gasteiger charge is 2.12. The third kappa shape index (κ3) is 1.78. The SMILES string of the molecule is Cc1ccc(-n2c(N)nc3c(C)cccc32)c(C)c1. The topological polar surface area (TPSA) is 43.8 Å². The molecule has 3 aromatic rings.